The summed E-state index contributed by atoms with van der Waals surface area (Å²) < 4.78 is 18.8. The van der Waals surface area contributed by atoms with Crippen LogP contribution in [0.5, 0.6) is 5.75 Å². The first kappa shape index (κ1) is 16.9. The Labute approximate surface area is 134 Å². The van der Waals surface area contributed by atoms with Crippen molar-refractivity contribution in [3.8, 4) is 5.75 Å². The predicted molar refractivity (Wildman–Crippen MR) is 85.8 cm³/mol. The zero-order valence-electron chi connectivity index (χ0n) is 13.3. The van der Waals surface area contributed by atoms with Crippen LogP contribution in [0.2, 0.25) is 0 Å². The average molecular weight is 318 g/mol. The maximum atomic E-state index is 13.0. The predicted octanol–water partition coefficient (Wildman–Crippen LogP) is 4.15. The third-order valence-electron chi connectivity index (χ3n) is 3.89. The Morgan fingerprint density at radius 3 is 2.17 bits per heavy atom. The Morgan fingerprint density at radius 1 is 1.09 bits per heavy atom. The molecule has 23 heavy (non-hydrogen) atoms. The quantitative estimate of drug-likeness (QED) is 0.456. The number of halogens is 1. The average Bonchev–Trinajstić information content (AvgIpc) is 2.54. The maximum Gasteiger partial charge on any atom is 0.269 e. The van der Waals surface area contributed by atoms with Gasteiger partial charge in [-0.15, -0.1) is 0 Å². The number of nitro benzene ring substituents is 1. The number of non-ortho nitro benzene ring substituents is 1. The minimum atomic E-state index is -0.448. The molecule has 122 valence electrons. The standard InChI is InChI=1S/C17H19FN2O3/c1-12(14-4-6-15(18)7-5-14)19(3)13(2)23-17-10-8-16(9-11-17)20(21)22/h4-13H,1-3H3. The van der Waals surface area contributed by atoms with Crippen LogP contribution in [0.4, 0.5) is 10.1 Å². The van der Waals surface area contributed by atoms with Gasteiger partial charge >= 0.3 is 0 Å². The van der Waals surface area contributed by atoms with E-state index in [0.717, 1.165) is 5.56 Å². The van der Waals surface area contributed by atoms with Crippen molar-refractivity contribution in [2.75, 3.05) is 7.05 Å². The third-order valence-corrected chi connectivity index (χ3v) is 3.89. The molecule has 5 nitrogen and oxygen atoms in total. The lowest BCUT2D eigenvalue weighted by Crippen LogP contribution is -2.35. The van der Waals surface area contributed by atoms with Gasteiger partial charge in [0.25, 0.3) is 5.69 Å². The van der Waals surface area contributed by atoms with E-state index in [-0.39, 0.29) is 23.8 Å². The molecule has 0 aliphatic rings. The molecule has 0 N–H and O–H groups in total. The molecular formula is C17H19FN2O3. The zero-order valence-corrected chi connectivity index (χ0v) is 13.3. The van der Waals surface area contributed by atoms with Gasteiger partial charge in [0.1, 0.15) is 17.8 Å². The first-order valence-corrected chi connectivity index (χ1v) is 7.27. The Kier molecular flexibility index (Phi) is 5.28. The fraction of sp³-hybridized carbons (Fsp3) is 0.294. The lowest BCUT2D eigenvalue weighted by atomic mass is 10.1. The number of hydrogen-bond donors (Lipinski definition) is 0. The highest BCUT2D eigenvalue weighted by Crippen LogP contribution is 2.24. The molecule has 0 bridgehead atoms. The molecule has 0 saturated carbocycles. The van der Waals surface area contributed by atoms with E-state index in [9.17, 15) is 14.5 Å². The van der Waals surface area contributed by atoms with Crippen LogP contribution >= 0.6 is 0 Å². The van der Waals surface area contributed by atoms with Gasteiger partial charge in [-0.1, -0.05) is 12.1 Å². The summed E-state index contributed by atoms with van der Waals surface area (Å²) >= 11 is 0. The molecule has 0 saturated heterocycles. The lowest BCUT2D eigenvalue weighted by molar-refractivity contribution is -0.384. The molecule has 6 heteroatoms. The highest BCUT2D eigenvalue weighted by Gasteiger charge is 2.19. The van der Waals surface area contributed by atoms with E-state index in [1.165, 1.54) is 24.3 Å². The number of hydrogen-bond acceptors (Lipinski definition) is 4. The van der Waals surface area contributed by atoms with E-state index >= 15 is 0 Å². The van der Waals surface area contributed by atoms with Gasteiger partial charge in [0.15, 0.2) is 0 Å². The Balaban J connectivity index is 2.02. The number of ether oxygens (including phenoxy) is 1. The van der Waals surface area contributed by atoms with Crippen molar-refractivity contribution in [2.45, 2.75) is 26.1 Å². The van der Waals surface area contributed by atoms with Gasteiger partial charge in [-0.3, -0.25) is 15.0 Å². The smallest absolute Gasteiger partial charge is 0.269 e. The van der Waals surface area contributed by atoms with Crippen molar-refractivity contribution in [2.24, 2.45) is 0 Å². The van der Waals surface area contributed by atoms with Crippen LogP contribution in [0, 0.1) is 15.9 Å². The van der Waals surface area contributed by atoms with Crippen LogP contribution in [0.1, 0.15) is 25.5 Å². The Hall–Kier alpha value is -2.47. The van der Waals surface area contributed by atoms with Crippen molar-refractivity contribution in [1.29, 1.82) is 0 Å². The van der Waals surface area contributed by atoms with Crippen LogP contribution in [0.3, 0.4) is 0 Å². The van der Waals surface area contributed by atoms with E-state index in [0.29, 0.717) is 5.75 Å². The molecule has 0 heterocycles. The summed E-state index contributed by atoms with van der Waals surface area (Å²) in [5, 5.41) is 10.6. The molecule has 0 aromatic heterocycles. The van der Waals surface area contributed by atoms with Crippen LogP contribution in [0.15, 0.2) is 48.5 Å². The second-order valence-corrected chi connectivity index (χ2v) is 5.36. The van der Waals surface area contributed by atoms with Gasteiger partial charge in [-0.05, 0) is 50.7 Å². The molecule has 0 fully saturated rings. The molecule has 0 spiro atoms. The fourth-order valence-electron chi connectivity index (χ4n) is 2.22. The minimum absolute atomic E-state index is 0.0260. The molecule has 0 amide bonds. The summed E-state index contributed by atoms with van der Waals surface area (Å²) in [5.74, 6) is 0.292. The highest BCUT2D eigenvalue weighted by atomic mass is 19.1. The molecule has 2 unspecified atom stereocenters. The number of benzene rings is 2. The monoisotopic (exact) mass is 318 g/mol. The molecule has 0 aliphatic carbocycles. The van der Waals surface area contributed by atoms with Gasteiger partial charge in [0.05, 0.1) is 4.92 Å². The molecular weight excluding hydrogens is 299 g/mol. The second kappa shape index (κ2) is 7.19. The highest BCUT2D eigenvalue weighted by molar-refractivity contribution is 5.36. The van der Waals surface area contributed by atoms with E-state index < -0.39 is 4.92 Å². The van der Waals surface area contributed by atoms with Crippen molar-refractivity contribution in [3.63, 3.8) is 0 Å². The number of rotatable bonds is 6. The first-order valence-electron chi connectivity index (χ1n) is 7.27. The zero-order chi connectivity index (χ0) is 17.0. The molecule has 0 radical (unpaired) electrons. The number of nitrogens with zero attached hydrogens (tertiary/aromatic N) is 2. The summed E-state index contributed by atoms with van der Waals surface area (Å²) in [6.45, 7) is 3.89. The van der Waals surface area contributed by atoms with Crippen molar-refractivity contribution in [1.82, 2.24) is 4.90 Å². The minimum Gasteiger partial charge on any atom is -0.475 e. The Morgan fingerprint density at radius 2 is 1.65 bits per heavy atom. The van der Waals surface area contributed by atoms with Gasteiger partial charge < -0.3 is 4.74 Å². The lowest BCUT2D eigenvalue weighted by Gasteiger charge is -2.31. The Bertz CT molecular complexity index is 659. The van der Waals surface area contributed by atoms with E-state index in [2.05, 4.69) is 0 Å². The molecule has 2 rings (SSSR count). The summed E-state index contributed by atoms with van der Waals surface area (Å²) in [7, 11) is 1.91. The van der Waals surface area contributed by atoms with Gasteiger partial charge in [0.2, 0.25) is 0 Å². The van der Waals surface area contributed by atoms with Crippen LogP contribution in [0.25, 0.3) is 0 Å². The number of nitro groups is 1. The normalized spacial score (nSPS) is 13.6. The summed E-state index contributed by atoms with van der Waals surface area (Å²) in [6.07, 6.45) is -0.253. The summed E-state index contributed by atoms with van der Waals surface area (Å²) in [4.78, 5) is 12.2. The van der Waals surface area contributed by atoms with Crippen LogP contribution in [-0.2, 0) is 0 Å². The molecule has 0 aliphatic heterocycles. The van der Waals surface area contributed by atoms with Gasteiger partial charge in [-0.2, -0.15) is 0 Å². The largest absolute Gasteiger partial charge is 0.475 e. The third kappa shape index (κ3) is 4.26. The van der Waals surface area contributed by atoms with Crippen LogP contribution < -0.4 is 4.74 Å². The SMILES string of the molecule is CC(Oc1ccc([N+](=O)[O-])cc1)N(C)C(C)c1ccc(F)cc1. The topological polar surface area (TPSA) is 55.6 Å². The van der Waals surface area contributed by atoms with E-state index in [4.69, 9.17) is 4.74 Å². The second-order valence-electron chi connectivity index (χ2n) is 5.36. The van der Waals surface area contributed by atoms with E-state index in [1.54, 1.807) is 24.3 Å². The maximum absolute atomic E-state index is 13.0. The fourth-order valence-corrected chi connectivity index (χ4v) is 2.22. The van der Waals surface area contributed by atoms with E-state index in [1.807, 2.05) is 25.8 Å². The summed E-state index contributed by atoms with van der Waals surface area (Å²) in [6, 6.07) is 12.4. The molecule has 2 atom stereocenters. The molecule has 2 aromatic rings. The molecule has 2 aromatic carbocycles. The van der Waals surface area contributed by atoms with Gasteiger partial charge in [0, 0.05) is 18.2 Å². The first-order chi connectivity index (χ1) is 10.9. The van der Waals surface area contributed by atoms with Crippen molar-refractivity contribution >= 4 is 5.69 Å². The van der Waals surface area contributed by atoms with Gasteiger partial charge in [-0.25, -0.2) is 4.39 Å². The van der Waals surface area contributed by atoms with Crippen molar-refractivity contribution < 1.29 is 14.1 Å². The van der Waals surface area contributed by atoms with Crippen LogP contribution in [-0.4, -0.2) is 23.1 Å². The van der Waals surface area contributed by atoms with Crippen molar-refractivity contribution in [3.05, 3.63) is 70.0 Å². The summed E-state index contributed by atoms with van der Waals surface area (Å²) in [5.41, 5.74) is 1.01.